The third-order valence-corrected chi connectivity index (χ3v) is 6.25. The van der Waals surface area contributed by atoms with Crippen LogP contribution in [0.3, 0.4) is 0 Å². The number of piperidine rings is 1. The lowest BCUT2D eigenvalue weighted by Gasteiger charge is -2.35. The molecule has 4 rings (SSSR count). The molecule has 7 nitrogen and oxygen atoms in total. The van der Waals surface area contributed by atoms with Crippen molar-refractivity contribution < 1.29 is 9.59 Å². The molecule has 1 amide bonds. The molecule has 2 aromatic rings. The number of aryl methyl sites for hydroxylation is 2. The molecule has 31 heavy (non-hydrogen) atoms. The first-order chi connectivity index (χ1) is 14.5. The van der Waals surface area contributed by atoms with Crippen LogP contribution in [0.25, 0.3) is 0 Å². The Balaban J connectivity index is 1.54. The Labute approximate surface area is 183 Å². The van der Waals surface area contributed by atoms with E-state index in [1.807, 2.05) is 26.8 Å². The third kappa shape index (κ3) is 4.12. The molecule has 0 aliphatic carbocycles. The Morgan fingerprint density at radius 3 is 2.23 bits per heavy atom. The summed E-state index contributed by atoms with van der Waals surface area (Å²) in [4.78, 5) is 35.3. The first-order valence-electron chi connectivity index (χ1n) is 10.9. The number of ketones is 1. The average Bonchev–Trinajstić information content (AvgIpc) is 3.00. The van der Waals surface area contributed by atoms with E-state index < -0.39 is 12.1 Å². The lowest BCUT2D eigenvalue weighted by Crippen LogP contribution is -2.59. The maximum atomic E-state index is 13.4. The van der Waals surface area contributed by atoms with Gasteiger partial charge < -0.3 is 0 Å². The van der Waals surface area contributed by atoms with Crippen molar-refractivity contribution in [2.45, 2.75) is 65.6 Å². The zero-order valence-electron chi connectivity index (χ0n) is 19.1. The zero-order valence-corrected chi connectivity index (χ0v) is 19.1. The van der Waals surface area contributed by atoms with E-state index in [9.17, 15) is 9.59 Å². The molecule has 7 heteroatoms. The number of nitrogens with zero attached hydrogens (tertiary/aromatic N) is 3. The van der Waals surface area contributed by atoms with Crippen LogP contribution in [0.5, 0.6) is 0 Å². The number of hydrazine groups is 1. The minimum Gasteiger partial charge on any atom is -0.298 e. The minimum atomic E-state index is -0.778. The topological polar surface area (TPSA) is 87.2 Å². The van der Waals surface area contributed by atoms with E-state index in [-0.39, 0.29) is 35.0 Å². The van der Waals surface area contributed by atoms with Gasteiger partial charge in [0.2, 0.25) is 5.95 Å². The zero-order chi connectivity index (χ0) is 22.5. The fourth-order valence-electron chi connectivity index (χ4n) is 4.49. The van der Waals surface area contributed by atoms with Crippen molar-refractivity contribution in [3.8, 4) is 0 Å². The molecule has 3 heterocycles. The van der Waals surface area contributed by atoms with E-state index in [4.69, 9.17) is 0 Å². The molecule has 164 valence electrons. The molecule has 2 aliphatic heterocycles. The number of aromatic nitrogens is 2. The van der Waals surface area contributed by atoms with Crippen LogP contribution in [0.4, 0.5) is 5.95 Å². The SMILES string of the molecule is Cc1cc(C)nc(N2NC3NC(C)C(Cc4ccc(C(C)(C)C)cc4)C(=O)C3C2=O)n1. The van der Waals surface area contributed by atoms with Gasteiger partial charge in [0, 0.05) is 23.3 Å². The maximum Gasteiger partial charge on any atom is 0.257 e. The fraction of sp³-hybridized carbons (Fsp3) is 0.500. The number of benzene rings is 1. The lowest BCUT2D eigenvalue weighted by molar-refractivity contribution is -0.136. The smallest absolute Gasteiger partial charge is 0.257 e. The Hall–Kier alpha value is -2.64. The van der Waals surface area contributed by atoms with Crippen LogP contribution in [-0.2, 0) is 21.4 Å². The number of Topliss-reactive ketones (excluding diaryl/α,β-unsaturated/α-hetero) is 1. The molecule has 2 saturated heterocycles. The molecular weight excluding hydrogens is 390 g/mol. The number of carbonyl (C=O) groups is 2. The summed E-state index contributed by atoms with van der Waals surface area (Å²) in [6, 6.07) is 10.2. The van der Waals surface area contributed by atoms with Crippen LogP contribution in [0.15, 0.2) is 30.3 Å². The van der Waals surface area contributed by atoms with Gasteiger partial charge in [-0.05, 0) is 49.8 Å². The monoisotopic (exact) mass is 421 g/mol. The van der Waals surface area contributed by atoms with E-state index in [1.165, 1.54) is 10.6 Å². The van der Waals surface area contributed by atoms with Crippen molar-refractivity contribution in [2.24, 2.45) is 11.8 Å². The molecular formula is C24H31N5O2. The van der Waals surface area contributed by atoms with Crippen molar-refractivity contribution in [3.05, 3.63) is 52.8 Å². The van der Waals surface area contributed by atoms with Gasteiger partial charge in [-0.3, -0.25) is 14.9 Å². The summed E-state index contributed by atoms with van der Waals surface area (Å²) in [5.74, 6) is -1.09. The van der Waals surface area contributed by atoms with Crippen LogP contribution in [0.1, 0.15) is 50.2 Å². The van der Waals surface area contributed by atoms with E-state index >= 15 is 0 Å². The quantitative estimate of drug-likeness (QED) is 0.741. The molecule has 0 spiro atoms. The Bertz CT molecular complexity index is 991. The second kappa shape index (κ2) is 7.80. The predicted octanol–water partition coefficient (Wildman–Crippen LogP) is 2.60. The summed E-state index contributed by atoms with van der Waals surface area (Å²) in [7, 11) is 0. The summed E-state index contributed by atoms with van der Waals surface area (Å²) in [6.45, 7) is 12.3. The number of hydrogen-bond donors (Lipinski definition) is 2. The Kier molecular flexibility index (Phi) is 5.43. The first-order valence-corrected chi connectivity index (χ1v) is 10.9. The van der Waals surface area contributed by atoms with Gasteiger partial charge in [0.05, 0.1) is 6.17 Å². The van der Waals surface area contributed by atoms with Crippen molar-refractivity contribution in [1.29, 1.82) is 0 Å². The molecule has 0 bridgehead atoms. The highest BCUT2D eigenvalue weighted by atomic mass is 16.2. The Morgan fingerprint density at radius 1 is 1.03 bits per heavy atom. The number of fused-ring (bicyclic) bond motifs is 1. The van der Waals surface area contributed by atoms with Crippen LogP contribution in [-0.4, -0.2) is 33.9 Å². The van der Waals surface area contributed by atoms with Crippen LogP contribution >= 0.6 is 0 Å². The highest BCUT2D eigenvalue weighted by Gasteiger charge is 2.52. The number of amides is 1. The molecule has 0 radical (unpaired) electrons. The van der Waals surface area contributed by atoms with Crippen molar-refractivity contribution in [3.63, 3.8) is 0 Å². The van der Waals surface area contributed by atoms with Crippen molar-refractivity contribution >= 4 is 17.6 Å². The van der Waals surface area contributed by atoms with Gasteiger partial charge in [-0.1, -0.05) is 45.0 Å². The molecule has 2 N–H and O–H groups in total. The highest BCUT2D eigenvalue weighted by molar-refractivity contribution is 6.11. The normalized spacial score (nSPS) is 26.3. The Morgan fingerprint density at radius 2 is 1.65 bits per heavy atom. The lowest BCUT2D eigenvalue weighted by atomic mass is 9.78. The number of nitrogens with one attached hydrogen (secondary N) is 2. The van der Waals surface area contributed by atoms with Gasteiger partial charge in [0.15, 0.2) is 5.78 Å². The van der Waals surface area contributed by atoms with Crippen molar-refractivity contribution in [2.75, 3.05) is 5.01 Å². The number of hydrogen-bond acceptors (Lipinski definition) is 6. The third-order valence-electron chi connectivity index (χ3n) is 6.25. The molecule has 1 aromatic heterocycles. The summed E-state index contributed by atoms with van der Waals surface area (Å²) < 4.78 is 0. The van der Waals surface area contributed by atoms with Gasteiger partial charge in [-0.25, -0.2) is 20.4 Å². The average molecular weight is 422 g/mol. The second-order valence-corrected chi connectivity index (χ2v) is 9.82. The van der Waals surface area contributed by atoms with Crippen molar-refractivity contribution in [1.82, 2.24) is 20.7 Å². The largest absolute Gasteiger partial charge is 0.298 e. The summed E-state index contributed by atoms with van der Waals surface area (Å²) >= 11 is 0. The van der Waals surface area contributed by atoms with Gasteiger partial charge in [-0.2, -0.15) is 0 Å². The van der Waals surface area contributed by atoms with E-state index in [2.05, 4.69) is 65.7 Å². The molecule has 4 unspecified atom stereocenters. The van der Waals surface area contributed by atoms with Gasteiger partial charge in [-0.15, -0.1) is 0 Å². The number of rotatable bonds is 3. The van der Waals surface area contributed by atoms with E-state index in [0.29, 0.717) is 6.42 Å². The summed E-state index contributed by atoms with van der Waals surface area (Å²) in [5.41, 5.74) is 7.11. The molecule has 1 aromatic carbocycles. The molecule has 4 atom stereocenters. The summed E-state index contributed by atoms with van der Waals surface area (Å²) in [6.07, 6.45) is 0.160. The summed E-state index contributed by atoms with van der Waals surface area (Å²) in [5, 5.41) is 4.75. The van der Waals surface area contributed by atoms with Crippen LogP contribution < -0.4 is 15.8 Å². The second-order valence-electron chi connectivity index (χ2n) is 9.82. The van der Waals surface area contributed by atoms with Gasteiger partial charge in [0.1, 0.15) is 5.92 Å². The van der Waals surface area contributed by atoms with Gasteiger partial charge >= 0.3 is 0 Å². The molecule has 0 saturated carbocycles. The highest BCUT2D eigenvalue weighted by Crippen LogP contribution is 2.31. The fourth-order valence-corrected chi connectivity index (χ4v) is 4.49. The van der Waals surface area contributed by atoms with Gasteiger partial charge in [0.25, 0.3) is 5.91 Å². The number of anilines is 1. The molecule has 2 aliphatic rings. The predicted molar refractivity (Wildman–Crippen MR) is 119 cm³/mol. The van der Waals surface area contributed by atoms with Crippen LogP contribution in [0, 0.1) is 25.7 Å². The minimum absolute atomic E-state index is 0.0273. The number of carbonyl (C=O) groups excluding carboxylic acids is 2. The van der Waals surface area contributed by atoms with Crippen LogP contribution in [0.2, 0.25) is 0 Å². The van der Waals surface area contributed by atoms with E-state index in [1.54, 1.807) is 0 Å². The first kappa shape index (κ1) is 21.6. The maximum absolute atomic E-state index is 13.4. The molecule has 2 fully saturated rings. The standard InChI is InChI=1S/C24H31N5O2/c1-13-11-14(2)26-23(25-13)29-22(31)19-20(30)18(15(3)27-21(19)28-29)12-16-7-9-17(10-8-16)24(4,5)6/h7-11,15,18-19,21,27-28H,12H2,1-6H3. The van der Waals surface area contributed by atoms with E-state index in [0.717, 1.165) is 17.0 Å².